The molecule has 0 aromatic carbocycles. The Morgan fingerprint density at radius 2 is 2.12 bits per heavy atom. The summed E-state index contributed by atoms with van der Waals surface area (Å²) in [5, 5.41) is 16.4. The van der Waals surface area contributed by atoms with Gasteiger partial charge in [0, 0.05) is 35.5 Å². The normalized spacial score (nSPS) is 14.4. The van der Waals surface area contributed by atoms with Crippen molar-refractivity contribution in [1.82, 2.24) is 30.0 Å². The SMILES string of the molecule is N#CC1(CNC(=O)c2cccc(-c3cnc4[nH]c(-c5cnn(C(F)F)c5)cc4c3)n2)CC1. The van der Waals surface area contributed by atoms with Gasteiger partial charge in [0.15, 0.2) is 0 Å². The highest BCUT2D eigenvalue weighted by molar-refractivity contribution is 5.93. The number of nitrogens with zero attached hydrogens (tertiary/aromatic N) is 5. The molecule has 4 heterocycles. The van der Waals surface area contributed by atoms with E-state index in [-0.39, 0.29) is 11.6 Å². The molecule has 1 amide bonds. The Morgan fingerprint density at radius 1 is 1.28 bits per heavy atom. The molecule has 2 N–H and O–H groups in total. The Balaban J connectivity index is 1.39. The molecule has 0 unspecified atom stereocenters. The van der Waals surface area contributed by atoms with Gasteiger partial charge in [-0.1, -0.05) is 6.07 Å². The third kappa shape index (κ3) is 3.69. The van der Waals surface area contributed by atoms with E-state index in [0.29, 0.717) is 39.4 Å². The van der Waals surface area contributed by atoms with Crippen LogP contribution in [-0.4, -0.2) is 37.2 Å². The standard InChI is InChI=1S/C22H17F2N7O/c23-21(24)31-10-15(9-28-31)18-7-13-6-14(8-26-19(13)30-18)16-2-1-3-17(29-16)20(32)27-12-22(11-25)4-5-22/h1-3,6-10,21H,4-5,12H2,(H,26,30)(H,27,32). The number of alkyl halides is 2. The fraction of sp³-hybridized carbons (Fsp3) is 0.227. The average molecular weight is 433 g/mol. The van der Waals surface area contributed by atoms with E-state index >= 15 is 0 Å². The lowest BCUT2D eigenvalue weighted by Crippen LogP contribution is -2.30. The largest absolute Gasteiger partial charge is 0.349 e. The Bertz CT molecular complexity index is 1360. The molecule has 8 nitrogen and oxygen atoms in total. The zero-order valence-electron chi connectivity index (χ0n) is 16.7. The van der Waals surface area contributed by atoms with Crippen LogP contribution in [0.5, 0.6) is 0 Å². The van der Waals surface area contributed by atoms with Crippen LogP contribution in [0.3, 0.4) is 0 Å². The minimum Gasteiger partial charge on any atom is -0.349 e. The van der Waals surface area contributed by atoms with Gasteiger partial charge in [-0.3, -0.25) is 4.79 Å². The number of aromatic nitrogens is 5. The van der Waals surface area contributed by atoms with E-state index in [1.165, 1.54) is 12.4 Å². The third-order valence-corrected chi connectivity index (χ3v) is 5.54. The Hall–Kier alpha value is -4.13. The number of aromatic amines is 1. The molecule has 160 valence electrons. The van der Waals surface area contributed by atoms with E-state index < -0.39 is 12.0 Å². The van der Waals surface area contributed by atoms with Gasteiger partial charge in [-0.25, -0.2) is 14.6 Å². The number of carbonyl (C=O) groups excluding carboxylic acids is 1. The number of hydrogen-bond acceptors (Lipinski definition) is 5. The van der Waals surface area contributed by atoms with Crippen LogP contribution in [0.4, 0.5) is 8.78 Å². The second-order valence-electron chi connectivity index (χ2n) is 7.81. The van der Waals surface area contributed by atoms with Crippen molar-refractivity contribution in [3.8, 4) is 28.6 Å². The number of nitriles is 1. The first-order chi connectivity index (χ1) is 15.5. The number of fused-ring (bicyclic) bond motifs is 1. The number of pyridine rings is 2. The first-order valence-corrected chi connectivity index (χ1v) is 9.95. The van der Waals surface area contributed by atoms with Crippen molar-refractivity contribution in [1.29, 1.82) is 5.26 Å². The first-order valence-electron chi connectivity index (χ1n) is 9.95. The number of H-pyrrole nitrogens is 1. The van der Waals surface area contributed by atoms with Crippen LogP contribution in [0.25, 0.3) is 33.5 Å². The summed E-state index contributed by atoms with van der Waals surface area (Å²) in [4.78, 5) is 24.4. The van der Waals surface area contributed by atoms with Crippen molar-refractivity contribution < 1.29 is 13.6 Å². The topological polar surface area (TPSA) is 112 Å². The summed E-state index contributed by atoms with van der Waals surface area (Å²) in [5.74, 6) is -0.331. The van der Waals surface area contributed by atoms with Gasteiger partial charge in [-0.05, 0) is 37.1 Å². The van der Waals surface area contributed by atoms with E-state index in [2.05, 4.69) is 31.4 Å². The number of hydrogen-bond donors (Lipinski definition) is 2. The summed E-state index contributed by atoms with van der Waals surface area (Å²) in [6.07, 6.45) is 5.84. The highest BCUT2D eigenvalue weighted by Gasteiger charge is 2.43. The number of halogens is 2. The summed E-state index contributed by atoms with van der Waals surface area (Å²) in [5.41, 5.74) is 2.83. The predicted molar refractivity (Wildman–Crippen MR) is 111 cm³/mol. The second kappa shape index (κ2) is 7.53. The molecular weight excluding hydrogens is 416 g/mol. The summed E-state index contributed by atoms with van der Waals surface area (Å²) in [6.45, 7) is -2.39. The fourth-order valence-electron chi connectivity index (χ4n) is 3.44. The van der Waals surface area contributed by atoms with Crippen molar-refractivity contribution in [2.45, 2.75) is 19.4 Å². The predicted octanol–water partition coefficient (Wildman–Crippen LogP) is 3.92. The highest BCUT2D eigenvalue weighted by Crippen LogP contribution is 2.44. The maximum absolute atomic E-state index is 12.8. The molecule has 4 aromatic heterocycles. The van der Waals surface area contributed by atoms with E-state index in [0.717, 1.165) is 18.2 Å². The molecule has 0 spiro atoms. The van der Waals surface area contributed by atoms with E-state index in [4.69, 9.17) is 5.26 Å². The molecule has 0 atom stereocenters. The van der Waals surface area contributed by atoms with Crippen molar-refractivity contribution in [3.05, 3.63) is 54.6 Å². The van der Waals surface area contributed by atoms with Crippen LogP contribution in [-0.2, 0) is 0 Å². The molecule has 0 aliphatic heterocycles. The number of rotatable bonds is 6. The molecule has 1 fully saturated rings. The van der Waals surface area contributed by atoms with Gasteiger partial charge in [-0.15, -0.1) is 0 Å². The van der Waals surface area contributed by atoms with Crippen molar-refractivity contribution in [3.63, 3.8) is 0 Å². The average Bonchev–Trinajstić information content (AvgIpc) is 3.21. The lowest BCUT2D eigenvalue weighted by molar-refractivity contribution is 0.0566. The Kier molecular flexibility index (Phi) is 4.66. The first kappa shape index (κ1) is 19.8. The van der Waals surface area contributed by atoms with Crippen molar-refractivity contribution in [2.24, 2.45) is 5.41 Å². The lowest BCUT2D eigenvalue weighted by atomic mass is 10.1. The molecular formula is C22H17F2N7O. The Labute approximate surface area is 180 Å². The van der Waals surface area contributed by atoms with E-state index in [1.807, 2.05) is 6.07 Å². The van der Waals surface area contributed by atoms with Gasteiger partial charge >= 0.3 is 6.55 Å². The van der Waals surface area contributed by atoms with Gasteiger partial charge < -0.3 is 10.3 Å². The summed E-state index contributed by atoms with van der Waals surface area (Å²) >= 11 is 0. The number of amides is 1. The molecule has 1 aliphatic carbocycles. The minimum atomic E-state index is -2.71. The molecule has 10 heteroatoms. The third-order valence-electron chi connectivity index (χ3n) is 5.54. The van der Waals surface area contributed by atoms with Crippen LogP contribution in [0, 0.1) is 16.7 Å². The van der Waals surface area contributed by atoms with E-state index in [1.54, 1.807) is 30.5 Å². The summed E-state index contributed by atoms with van der Waals surface area (Å²) < 4.78 is 26.2. The zero-order chi connectivity index (χ0) is 22.3. The van der Waals surface area contributed by atoms with Crippen LogP contribution in [0.15, 0.2) is 48.9 Å². The van der Waals surface area contributed by atoms with Crippen molar-refractivity contribution in [2.75, 3.05) is 6.54 Å². The van der Waals surface area contributed by atoms with Gasteiger partial charge in [0.1, 0.15) is 11.3 Å². The van der Waals surface area contributed by atoms with E-state index in [9.17, 15) is 13.6 Å². The summed E-state index contributed by atoms with van der Waals surface area (Å²) in [7, 11) is 0. The molecule has 4 aromatic rings. The zero-order valence-corrected chi connectivity index (χ0v) is 16.7. The highest BCUT2D eigenvalue weighted by atomic mass is 19.3. The second-order valence-corrected chi connectivity index (χ2v) is 7.81. The minimum absolute atomic E-state index is 0.255. The van der Waals surface area contributed by atoms with Crippen LogP contribution in [0.2, 0.25) is 0 Å². The number of nitrogens with one attached hydrogen (secondary N) is 2. The Morgan fingerprint density at radius 3 is 2.84 bits per heavy atom. The molecule has 0 bridgehead atoms. The van der Waals surface area contributed by atoms with Crippen LogP contribution < -0.4 is 5.32 Å². The van der Waals surface area contributed by atoms with Gasteiger partial charge in [0.05, 0.1) is 29.1 Å². The maximum atomic E-state index is 12.8. The fourth-order valence-corrected chi connectivity index (χ4v) is 3.44. The van der Waals surface area contributed by atoms with Crippen LogP contribution in [0.1, 0.15) is 29.9 Å². The monoisotopic (exact) mass is 433 g/mol. The molecule has 5 rings (SSSR count). The molecule has 32 heavy (non-hydrogen) atoms. The van der Waals surface area contributed by atoms with Gasteiger partial charge in [0.2, 0.25) is 0 Å². The van der Waals surface area contributed by atoms with Gasteiger partial charge in [-0.2, -0.15) is 19.1 Å². The molecule has 0 saturated heterocycles. The lowest BCUT2D eigenvalue weighted by Gasteiger charge is -2.08. The maximum Gasteiger partial charge on any atom is 0.333 e. The van der Waals surface area contributed by atoms with Gasteiger partial charge in [0.25, 0.3) is 5.91 Å². The molecule has 1 saturated carbocycles. The quantitative estimate of drug-likeness (QED) is 0.479. The molecule has 0 radical (unpaired) electrons. The summed E-state index contributed by atoms with van der Waals surface area (Å²) in [6, 6.07) is 11.0. The molecule has 1 aliphatic rings. The smallest absolute Gasteiger partial charge is 0.333 e. The number of carbonyl (C=O) groups is 1. The van der Waals surface area contributed by atoms with Crippen molar-refractivity contribution >= 4 is 16.9 Å². The van der Waals surface area contributed by atoms with Crippen LogP contribution >= 0.6 is 0 Å².